The number of fused-ring (bicyclic) bond motifs is 1. The van der Waals surface area contributed by atoms with Crippen LogP contribution in [0.3, 0.4) is 0 Å². The van der Waals surface area contributed by atoms with Crippen molar-refractivity contribution in [2.45, 2.75) is 25.9 Å². The summed E-state index contributed by atoms with van der Waals surface area (Å²) in [6.07, 6.45) is 1.51. The van der Waals surface area contributed by atoms with Crippen molar-refractivity contribution < 1.29 is 23.5 Å². The molecule has 0 saturated carbocycles. The van der Waals surface area contributed by atoms with E-state index in [0.717, 1.165) is 4.90 Å². The van der Waals surface area contributed by atoms with Crippen molar-refractivity contribution in [1.82, 2.24) is 15.2 Å². The van der Waals surface area contributed by atoms with Gasteiger partial charge >= 0.3 is 6.03 Å². The minimum Gasteiger partial charge on any atom is -0.454 e. The van der Waals surface area contributed by atoms with E-state index in [0.29, 0.717) is 28.7 Å². The Morgan fingerprint density at radius 1 is 1.29 bits per heavy atom. The van der Waals surface area contributed by atoms with Gasteiger partial charge in [-0.1, -0.05) is 6.07 Å². The van der Waals surface area contributed by atoms with E-state index in [1.165, 1.54) is 6.20 Å². The van der Waals surface area contributed by atoms with Gasteiger partial charge in [0, 0.05) is 6.92 Å². The third-order valence-electron chi connectivity index (χ3n) is 4.21. The fourth-order valence-corrected chi connectivity index (χ4v) is 2.88. The standard InChI is InChI=1S/C16H15N3O5/c1-9-17-6-11(24-9)7-19-14(20)16(2,18-15(19)21)10-3-4-12-13(5-10)23-8-22-12/h3-6H,7-8H2,1-2H3,(H,18,21). The summed E-state index contributed by atoms with van der Waals surface area (Å²) in [5.74, 6) is 1.75. The average molecular weight is 329 g/mol. The lowest BCUT2D eigenvalue weighted by molar-refractivity contribution is -0.131. The molecule has 8 nitrogen and oxygen atoms in total. The van der Waals surface area contributed by atoms with Gasteiger partial charge in [0.15, 0.2) is 17.4 Å². The minimum atomic E-state index is -1.17. The number of aryl methyl sites for hydroxylation is 1. The Morgan fingerprint density at radius 2 is 2.08 bits per heavy atom. The fourth-order valence-electron chi connectivity index (χ4n) is 2.88. The van der Waals surface area contributed by atoms with Crippen LogP contribution in [0, 0.1) is 6.92 Å². The van der Waals surface area contributed by atoms with Crippen molar-refractivity contribution in [3.63, 3.8) is 0 Å². The number of aromatic nitrogens is 1. The largest absolute Gasteiger partial charge is 0.454 e. The molecular formula is C16H15N3O5. The SMILES string of the molecule is Cc1ncc(CN2C(=O)NC(C)(c3ccc4c(c3)OCO4)C2=O)o1. The maximum atomic E-state index is 12.9. The Hall–Kier alpha value is -3.03. The molecule has 1 unspecified atom stereocenters. The fraction of sp³-hybridized carbons (Fsp3) is 0.312. The van der Waals surface area contributed by atoms with Crippen LogP contribution >= 0.6 is 0 Å². The monoisotopic (exact) mass is 329 g/mol. The van der Waals surface area contributed by atoms with E-state index in [1.54, 1.807) is 32.0 Å². The highest BCUT2D eigenvalue weighted by Crippen LogP contribution is 2.38. The summed E-state index contributed by atoms with van der Waals surface area (Å²) in [5.41, 5.74) is -0.547. The Kier molecular flexibility index (Phi) is 3.02. The first-order valence-corrected chi connectivity index (χ1v) is 7.43. The molecule has 4 rings (SSSR count). The lowest BCUT2D eigenvalue weighted by atomic mass is 9.91. The number of nitrogens with zero attached hydrogens (tertiary/aromatic N) is 2. The predicted octanol–water partition coefficient (Wildman–Crippen LogP) is 1.68. The summed E-state index contributed by atoms with van der Waals surface area (Å²) in [4.78, 5) is 30.2. The van der Waals surface area contributed by atoms with Gasteiger partial charge in [0.1, 0.15) is 11.3 Å². The number of imide groups is 1. The summed E-state index contributed by atoms with van der Waals surface area (Å²) in [6.45, 7) is 3.54. The quantitative estimate of drug-likeness (QED) is 0.861. The van der Waals surface area contributed by atoms with E-state index in [2.05, 4.69) is 10.3 Å². The van der Waals surface area contributed by atoms with Gasteiger partial charge in [0.05, 0.1) is 12.7 Å². The van der Waals surface area contributed by atoms with Crippen LogP contribution < -0.4 is 14.8 Å². The Bertz CT molecular complexity index is 846. The summed E-state index contributed by atoms with van der Waals surface area (Å²) in [6, 6.07) is 4.70. The predicted molar refractivity (Wildman–Crippen MR) is 80.2 cm³/mol. The van der Waals surface area contributed by atoms with Gasteiger partial charge in [-0.2, -0.15) is 0 Å². The second-order valence-electron chi connectivity index (χ2n) is 5.86. The molecule has 0 bridgehead atoms. The van der Waals surface area contributed by atoms with Crippen LogP contribution in [0.25, 0.3) is 0 Å². The molecular weight excluding hydrogens is 314 g/mol. The zero-order chi connectivity index (χ0) is 16.9. The maximum absolute atomic E-state index is 12.9. The summed E-state index contributed by atoms with van der Waals surface area (Å²) >= 11 is 0. The molecule has 1 saturated heterocycles. The highest BCUT2D eigenvalue weighted by Gasteiger charge is 2.49. The molecule has 1 atom stereocenters. The molecule has 3 heterocycles. The van der Waals surface area contributed by atoms with Gasteiger partial charge in [-0.05, 0) is 24.6 Å². The van der Waals surface area contributed by atoms with Crippen molar-refractivity contribution in [2.75, 3.05) is 6.79 Å². The van der Waals surface area contributed by atoms with Gasteiger partial charge < -0.3 is 19.2 Å². The third-order valence-corrected chi connectivity index (χ3v) is 4.21. The van der Waals surface area contributed by atoms with E-state index in [9.17, 15) is 9.59 Å². The zero-order valence-electron chi connectivity index (χ0n) is 13.2. The van der Waals surface area contributed by atoms with Crippen molar-refractivity contribution in [3.05, 3.63) is 41.6 Å². The van der Waals surface area contributed by atoms with Gasteiger partial charge in [0.2, 0.25) is 6.79 Å². The molecule has 0 aliphatic carbocycles. The lowest BCUT2D eigenvalue weighted by Crippen LogP contribution is -2.40. The summed E-state index contributed by atoms with van der Waals surface area (Å²) in [5, 5.41) is 2.74. The van der Waals surface area contributed by atoms with Crippen LogP contribution in [-0.4, -0.2) is 28.6 Å². The molecule has 1 aromatic heterocycles. The van der Waals surface area contributed by atoms with Crippen molar-refractivity contribution in [2.24, 2.45) is 0 Å². The molecule has 124 valence electrons. The van der Waals surface area contributed by atoms with Crippen LogP contribution in [0.2, 0.25) is 0 Å². The average Bonchev–Trinajstić information content (AvgIpc) is 3.23. The molecule has 0 radical (unpaired) electrons. The smallest absolute Gasteiger partial charge is 0.325 e. The number of carbonyl (C=O) groups is 2. The first kappa shape index (κ1) is 14.6. The van der Waals surface area contributed by atoms with Crippen LogP contribution in [0.4, 0.5) is 4.79 Å². The van der Waals surface area contributed by atoms with Gasteiger partial charge in [-0.3, -0.25) is 9.69 Å². The summed E-state index contributed by atoms with van der Waals surface area (Å²) in [7, 11) is 0. The van der Waals surface area contributed by atoms with E-state index in [1.807, 2.05) is 0 Å². The molecule has 8 heteroatoms. The van der Waals surface area contributed by atoms with Crippen molar-refractivity contribution in [1.29, 1.82) is 0 Å². The zero-order valence-corrected chi connectivity index (χ0v) is 13.2. The molecule has 1 fully saturated rings. The molecule has 0 spiro atoms. The van der Waals surface area contributed by atoms with Crippen LogP contribution in [0.15, 0.2) is 28.8 Å². The first-order valence-electron chi connectivity index (χ1n) is 7.43. The van der Waals surface area contributed by atoms with Gasteiger partial charge in [-0.15, -0.1) is 0 Å². The van der Waals surface area contributed by atoms with E-state index >= 15 is 0 Å². The number of benzene rings is 1. The molecule has 2 aliphatic rings. The van der Waals surface area contributed by atoms with Crippen molar-refractivity contribution in [3.8, 4) is 11.5 Å². The molecule has 1 aromatic carbocycles. The maximum Gasteiger partial charge on any atom is 0.325 e. The Labute approximate surface area is 137 Å². The van der Waals surface area contributed by atoms with Gasteiger partial charge in [0.25, 0.3) is 5.91 Å². The normalized spacial score (nSPS) is 22.2. The number of ether oxygens (including phenoxy) is 2. The van der Waals surface area contributed by atoms with E-state index < -0.39 is 11.6 Å². The summed E-state index contributed by atoms with van der Waals surface area (Å²) < 4.78 is 16.0. The molecule has 24 heavy (non-hydrogen) atoms. The number of rotatable bonds is 3. The number of carbonyl (C=O) groups excluding carboxylic acids is 2. The van der Waals surface area contributed by atoms with E-state index in [4.69, 9.17) is 13.9 Å². The third kappa shape index (κ3) is 2.10. The second-order valence-corrected chi connectivity index (χ2v) is 5.86. The minimum absolute atomic E-state index is 0.0334. The number of urea groups is 1. The number of amides is 3. The van der Waals surface area contributed by atoms with Crippen LogP contribution in [0.1, 0.15) is 24.1 Å². The van der Waals surface area contributed by atoms with Crippen molar-refractivity contribution >= 4 is 11.9 Å². The molecule has 2 aliphatic heterocycles. The Morgan fingerprint density at radius 3 is 2.83 bits per heavy atom. The highest BCUT2D eigenvalue weighted by molar-refractivity contribution is 6.07. The molecule has 2 aromatic rings. The highest BCUT2D eigenvalue weighted by atomic mass is 16.7. The topological polar surface area (TPSA) is 93.9 Å². The number of oxazole rings is 1. The molecule has 3 amide bonds. The number of hydrogen-bond acceptors (Lipinski definition) is 6. The second kappa shape index (κ2) is 4.98. The molecule has 1 N–H and O–H groups in total. The van der Waals surface area contributed by atoms with Gasteiger partial charge in [-0.25, -0.2) is 9.78 Å². The lowest BCUT2D eigenvalue weighted by Gasteiger charge is -2.22. The van der Waals surface area contributed by atoms with Crippen LogP contribution in [-0.2, 0) is 16.9 Å². The van der Waals surface area contributed by atoms with E-state index in [-0.39, 0.29) is 19.2 Å². The number of nitrogens with one attached hydrogen (secondary N) is 1. The number of hydrogen-bond donors (Lipinski definition) is 1. The first-order chi connectivity index (χ1) is 11.5. The van der Waals surface area contributed by atoms with Crippen LogP contribution in [0.5, 0.6) is 11.5 Å². The Balaban J connectivity index is 1.64.